The van der Waals surface area contributed by atoms with E-state index < -0.39 is 0 Å². The smallest absolute Gasteiger partial charge is 0.0354 e. The van der Waals surface area contributed by atoms with Crippen molar-refractivity contribution in [3.8, 4) is 0 Å². The quantitative estimate of drug-likeness (QED) is 0.805. The molecule has 0 fully saturated rings. The number of nitrogens with one attached hydrogen (secondary N) is 1. The van der Waals surface area contributed by atoms with Gasteiger partial charge in [-0.15, -0.1) is 0 Å². The molecule has 98 valence electrons. The molecule has 3 heteroatoms. The Hall–Kier alpha value is -0.380. The fraction of sp³-hybridized carbons (Fsp3) is 0.714. The van der Waals surface area contributed by atoms with E-state index in [1.165, 1.54) is 18.4 Å². The maximum absolute atomic E-state index is 3.53. The molecule has 1 N–H and O–H groups in total. The Kier molecular flexibility index (Phi) is 5.63. The second-order valence-corrected chi connectivity index (χ2v) is 5.66. The lowest BCUT2D eigenvalue weighted by Crippen LogP contribution is -2.58. The summed E-state index contributed by atoms with van der Waals surface area (Å²) in [5, 5.41) is 7.95. The predicted molar refractivity (Wildman–Crippen MR) is 77.9 cm³/mol. The predicted octanol–water partition coefficient (Wildman–Crippen LogP) is 3.00. The number of likely N-dealkylation sites (N-methyl/N-ethyl adjacent to an activating group) is 2. The van der Waals surface area contributed by atoms with E-state index >= 15 is 0 Å². The van der Waals surface area contributed by atoms with Crippen molar-refractivity contribution in [1.82, 2.24) is 10.2 Å². The number of nitrogens with zero attached hydrogens (tertiary/aromatic N) is 1. The molecule has 0 aliphatic rings. The van der Waals surface area contributed by atoms with Gasteiger partial charge in [-0.05, 0) is 62.8 Å². The summed E-state index contributed by atoms with van der Waals surface area (Å²) in [6.07, 6.45) is 3.46. The summed E-state index contributed by atoms with van der Waals surface area (Å²) in [5.74, 6) is 0. The van der Waals surface area contributed by atoms with Crippen LogP contribution in [0.25, 0.3) is 0 Å². The molecule has 0 aliphatic carbocycles. The summed E-state index contributed by atoms with van der Waals surface area (Å²) in [6.45, 7) is 4.59. The van der Waals surface area contributed by atoms with Crippen molar-refractivity contribution >= 4 is 11.3 Å². The molecular formula is C14H26N2S. The number of hydrogen-bond donors (Lipinski definition) is 1. The second-order valence-electron chi connectivity index (χ2n) is 4.88. The highest BCUT2D eigenvalue weighted by atomic mass is 32.1. The lowest BCUT2D eigenvalue weighted by Gasteiger charge is -2.45. The summed E-state index contributed by atoms with van der Waals surface area (Å²) in [6, 6.07) is 2.74. The molecule has 17 heavy (non-hydrogen) atoms. The molecule has 1 heterocycles. The van der Waals surface area contributed by atoms with Crippen LogP contribution in [-0.4, -0.2) is 37.6 Å². The Bertz CT molecular complexity index is 302. The summed E-state index contributed by atoms with van der Waals surface area (Å²) in [5.41, 5.74) is 1.69. The zero-order valence-electron chi connectivity index (χ0n) is 11.8. The molecule has 2 nitrogen and oxygen atoms in total. The molecule has 0 aromatic carbocycles. The van der Waals surface area contributed by atoms with Gasteiger partial charge in [0.15, 0.2) is 0 Å². The molecule has 0 saturated carbocycles. The average Bonchev–Trinajstić information content (AvgIpc) is 2.82. The lowest BCUT2D eigenvalue weighted by molar-refractivity contribution is 0.0918. The molecule has 0 spiro atoms. The van der Waals surface area contributed by atoms with E-state index in [-0.39, 0.29) is 5.54 Å². The Morgan fingerprint density at radius 2 is 2.00 bits per heavy atom. The van der Waals surface area contributed by atoms with Gasteiger partial charge in [-0.3, -0.25) is 0 Å². The first-order valence-electron chi connectivity index (χ1n) is 6.46. The maximum Gasteiger partial charge on any atom is 0.0354 e. The van der Waals surface area contributed by atoms with Crippen LogP contribution in [0.4, 0.5) is 0 Å². The molecule has 1 rings (SSSR count). The normalized spacial score (nSPS) is 14.2. The molecule has 0 saturated heterocycles. The topological polar surface area (TPSA) is 15.3 Å². The van der Waals surface area contributed by atoms with Gasteiger partial charge >= 0.3 is 0 Å². The van der Waals surface area contributed by atoms with Crippen LogP contribution in [0.5, 0.6) is 0 Å². The lowest BCUT2D eigenvalue weighted by atomic mass is 9.80. The van der Waals surface area contributed by atoms with Gasteiger partial charge in [0.25, 0.3) is 0 Å². The van der Waals surface area contributed by atoms with E-state index in [1.54, 1.807) is 11.3 Å². The van der Waals surface area contributed by atoms with Gasteiger partial charge < -0.3 is 10.2 Å². The fourth-order valence-corrected chi connectivity index (χ4v) is 3.57. The Balaban J connectivity index is 2.89. The third kappa shape index (κ3) is 3.09. The van der Waals surface area contributed by atoms with Crippen LogP contribution >= 0.6 is 11.3 Å². The van der Waals surface area contributed by atoms with E-state index in [2.05, 4.69) is 62.0 Å². The minimum Gasteiger partial charge on any atom is -0.315 e. The van der Waals surface area contributed by atoms with Crippen LogP contribution in [0.1, 0.15) is 32.3 Å². The molecule has 1 aromatic heterocycles. The highest BCUT2D eigenvalue weighted by Gasteiger charge is 2.36. The maximum atomic E-state index is 3.53. The van der Waals surface area contributed by atoms with E-state index in [4.69, 9.17) is 0 Å². The van der Waals surface area contributed by atoms with E-state index in [0.717, 1.165) is 6.42 Å². The standard InChI is InChI=1S/C14H26N2S/c1-6-14(7-2,16(4)5)13(15-3)10-12-8-9-17-11-12/h8-9,11,13,15H,6-7,10H2,1-5H3. The third-order valence-corrected chi connectivity index (χ3v) is 4.86. The van der Waals surface area contributed by atoms with Crippen molar-refractivity contribution in [1.29, 1.82) is 0 Å². The van der Waals surface area contributed by atoms with Crippen molar-refractivity contribution in [2.45, 2.75) is 44.7 Å². The van der Waals surface area contributed by atoms with Crippen LogP contribution in [-0.2, 0) is 6.42 Å². The summed E-state index contributed by atoms with van der Waals surface area (Å²) < 4.78 is 0. The van der Waals surface area contributed by atoms with Gasteiger partial charge in [-0.2, -0.15) is 11.3 Å². The van der Waals surface area contributed by atoms with Crippen LogP contribution < -0.4 is 5.32 Å². The van der Waals surface area contributed by atoms with Crippen LogP contribution in [0.3, 0.4) is 0 Å². The van der Waals surface area contributed by atoms with Crippen LogP contribution in [0.2, 0.25) is 0 Å². The van der Waals surface area contributed by atoms with Gasteiger partial charge in [-0.1, -0.05) is 13.8 Å². The Labute approximate surface area is 110 Å². The number of rotatable bonds is 7. The third-order valence-electron chi connectivity index (χ3n) is 4.13. The van der Waals surface area contributed by atoms with Gasteiger partial charge in [0.1, 0.15) is 0 Å². The first kappa shape index (κ1) is 14.7. The molecule has 1 aromatic rings. The zero-order chi connectivity index (χ0) is 12.9. The first-order chi connectivity index (χ1) is 8.10. The number of hydrogen-bond acceptors (Lipinski definition) is 3. The van der Waals surface area contributed by atoms with Crippen molar-refractivity contribution in [2.75, 3.05) is 21.1 Å². The van der Waals surface area contributed by atoms with Gasteiger partial charge in [0.05, 0.1) is 0 Å². The first-order valence-corrected chi connectivity index (χ1v) is 7.40. The summed E-state index contributed by atoms with van der Waals surface area (Å²) in [4.78, 5) is 2.39. The van der Waals surface area contributed by atoms with Crippen molar-refractivity contribution in [3.05, 3.63) is 22.4 Å². The monoisotopic (exact) mass is 254 g/mol. The molecule has 0 aliphatic heterocycles. The molecular weight excluding hydrogens is 228 g/mol. The molecule has 0 amide bonds. The van der Waals surface area contributed by atoms with E-state index in [9.17, 15) is 0 Å². The van der Waals surface area contributed by atoms with E-state index in [1.807, 2.05) is 0 Å². The molecule has 0 radical (unpaired) electrons. The zero-order valence-corrected chi connectivity index (χ0v) is 12.6. The average molecular weight is 254 g/mol. The summed E-state index contributed by atoms with van der Waals surface area (Å²) in [7, 11) is 6.48. The second kappa shape index (κ2) is 6.53. The molecule has 1 unspecified atom stereocenters. The van der Waals surface area contributed by atoms with Gasteiger partial charge in [-0.25, -0.2) is 0 Å². The highest BCUT2D eigenvalue weighted by Crippen LogP contribution is 2.28. The van der Waals surface area contributed by atoms with Crippen molar-refractivity contribution in [3.63, 3.8) is 0 Å². The SMILES string of the molecule is CCC(CC)(C(Cc1ccsc1)NC)N(C)C. The van der Waals surface area contributed by atoms with Crippen molar-refractivity contribution in [2.24, 2.45) is 0 Å². The Morgan fingerprint density at radius 3 is 2.35 bits per heavy atom. The van der Waals surface area contributed by atoms with Gasteiger partial charge in [0.2, 0.25) is 0 Å². The van der Waals surface area contributed by atoms with E-state index in [0.29, 0.717) is 6.04 Å². The molecule has 0 bridgehead atoms. The minimum absolute atomic E-state index is 0.247. The fourth-order valence-electron chi connectivity index (χ4n) is 2.89. The van der Waals surface area contributed by atoms with Gasteiger partial charge in [0, 0.05) is 11.6 Å². The highest BCUT2D eigenvalue weighted by molar-refractivity contribution is 7.07. The molecule has 1 atom stereocenters. The van der Waals surface area contributed by atoms with Crippen LogP contribution in [0, 0.1) is 0 Å². The number of thiophene rings is 1. The Morgan fingerprint density at radius 1 is 1.35 bits per heavy atom. The van der Waals surface area contributed by atoms with Crippen LogP contribution in [0.15, 0.2) is 16.8 Å². The van der Waals surface area contributed by atoms with Crippen molar-refractivity contribution < 1.29 is 0 Å². The largest absolute Gasteiger partial charge is 0.315 e. The summed E-state index contributed by atoms with van der Waals surface area (Å²) >= 11 is 1.78. The minimum atomic E-state index is 0.247.